The van der Waals surface area contributed by atoms with Crippen LogP contribution in [-0.2, 0) is 38.8 Å². The number of rotatable bonds is 16. The number of aryl methyl sites for hydroxylation is 1. The zero-order valence-corrected chi connectivity index (χ0v) is 25.1. The molecule has 1 aromatic carbocycles. The van der Waals surface area contributed by atoms with Crippen LogP contribution in [0.15, 0.2) is 6.07 Å². The minimum Gasteiger partial charge on any atom is -0.507 e. The van der Waals surface area contributed by atoms with Crippen LogP contribution in [-0.4, -0.2) is 49.6 Å². The van der Waals surface area contributed by atoms with Gasteiger partial charge in [-0.1, -0.05) is 26.7 Å². The van der Waals surface area contributed by atoms with Gasteiger partial charge in [0.25, 0.3) is 0 Å². The third-order valence-electron chi connectivity index (χ3n) is 5.65. The van der Waals surface area contributed by atoms with Crippen molar-refractivity contribution in [3.8, 4) is 5.75 Å². The number of phenolic OH excluding ortho intramolecular Hbond substituents is 1. The number of alkyl carbamates (subject to hydrolysis) is 1. The van der Waals surface area contributed by atoms with Gasteiger partial charge in [0.1, 0.15) is 17.5 Å². The van der Waals surface area contributed by atoms with Crippen molar-refractivity contribution in [2.24, 2.45) is 0 Å². The molecule has 1 aromatic rings. The Labute approximate surface area is 227 Å². The highest BCUT2D eigenvalue weighted by molar-refractivity contribution is 7.48. The normalized spacial score (nSPS) is 12.7. The second-order valence-corrected chi connectivity index (χ2v) is 11.7. The molecular formula is C27H46NO9P. The molecular weight excluding hydrogens is 513 g/mol. The van der Waals surface area contributed by atoms with E-state index in [0.717, 1.165) is 12.8 Å². The fourth-order valence-corrected chi connectivity index (χ4v) is 4.96. The largest absolute Gasteiger partial charge is 0.507 e. The summed E-state index contributed by atoms with van der Waals surface area (Å²) in [5, 5.41) is 13.4. The Morgan fingerprint density at radius 1 is 1.08 bits per heavy atom. The van der Waals surface area contributed by atoms with Gasteiger partial charge in [-0.3, -0.25) is 18.4 Å². The molecule has 2 N–H and O–H groups in total. The fraction of sp³-hybridized carbons (Fsp3) is 0.704. The van der Waals surface area contributed by atoms with Gasteiger partial charge in [-0.15, -0.1) is 0 Å². The molecule has 1 unspecified atom stereocenters. The topological polar surface area (TPSA) is 130 Å². The Morgan fingerprint density at radius 2 is 1.66 bits per heavy atom. The lowest BCUT2D eigenvalue weighted by Crippen LogP contribution is -2.35. The molecule has 38 heavy (non-hydrogen) atoms. The van der Waals surface area contributed by atoms with Gasteiger partial charge in [0.2, 0.25) is 0 Å². The molecule has 0 spiro atoms. The van der Waals surface area contributed by atoms with E-state index in [9.17, 15) is 19.3 Å². The monoisotopic (exact) mass is 559 g/mol. The third kappa shape index (κ3) is 11.7. The average Bonchev–Trinajstić information content (AvgIpc) is 2.83. The van der Waals surface area contributed by atoms with Crippen molar-refractivity contribution in [3.63, 3.8) is 0 Å². The first-order valence-corrected chi connectivity index (χ1v) is 14.7. The second-order valence-electron chi connectivity index (χ2n) is 10.1. The summed E-state index contributed by atoms with van der Waals surface area (Å²) >= 11 is 0. The molecule has 0 heterocycles. The van der Waals surface area contributed by atoms with Crippen LogP contribution in [0, 0.1) is 13.8 Å². The number of carbonyl (C=O) groups is 2. The van der Waals surface area contributed by atoms with Crippen LogP contribution < -0.4 is 5.32 Å². The van der Waals surface area contributed by atoms with Gasteiger partial charge in [0.05, 0.1) is 26.9 Å². The van der Waals surface area contributed by atoms with Gasteiger partial charge >= 0.3 is 19.9 Å². The number of methoxy groups -OCH3 is 1. The number of hydrogen-bond donors (Lipinski definition) is 2. The zero-order chi connectivity index (χ0) is 28.9. The minimum absolute atomic E-state index is 0.0515. The Hall–Kier alpha value is -2.13. The van der Waals surface area contributed by atoms with Crippen LogP contribution >= 0.6 is 7.82 Å². The summed E-state index contributed by atoms with van der Waals surface area (Å²) in [6.45, 7) is 13.0. The number of nitrogens with one attached hydrogen (secondary N) is 1. The molecule has 0 saturated carbocycles. The van der Waals surface area contributed by atoms with Crippen molar-refractivity contribution >= 4 is 19.9 Å². The van der Waals surface area contributed by atoms with Crippen LogP contribution in [0.25, 0.3) is 0 Å². The molecule has 0 saturated heterocycles. The molecule has 1 atom stereocenters. The minimum atomic E-state index is -4.03. The Kier molecular flexibility index (Phi) is 14.3. The number of aromatic hydroxyl groups is 1. The van der Waals surface area contributed by atoms with Crippen molar-refractivity contribution in [2.75, 3.05) is 26.9 Å². The zero-order valence-electron chi connectivity index (χ0n) is 24.2. The van der Waals surface area contributed by atoms with E-state index in [-0.39, 0.29) is 38.3 Å². The lowest BCUT2D eigenvalue weighted by atomic mass is 9.92. The number of esters is 1. The molecule has 0 aliphatic rings. The summed E-state index contributed by atoms with van der Waals surface area (Å²) in [4.78, 5) is 24.2. The van der Waals surface area contributed by atoms with E-state index in [4.69, 9.17) is 23.0 Å². The summed E-state index contributed by atoms with van der Waals surface area (Å²) in [5.74, 6) is -0.361. The van der Waals surface area contributed by atoms with E-state index in [0.29, 0.717) is 35.1 Å². The summed E-state index contributed by atoms with van der Waals surface area (Å²) < 4.78 is 41.1. The van der Waals surface area contributed by atoms with Crippen LogP contribution in [0.1, 0.15) is 95.1 Å². The van der Waals surface area contributed by atoms with Crippen molar-refractivity contribution in [1.82, 2.24) is 5.32 Å². The number of carbonyl (C=O) groups excluding carboxylic acids is 2. The molecule has 0 aliphatic carbocycles. The lowest BCUT2D eigenvalue weighted by molar-refractivity contribution is -0.140. The van der Waals surface area contributed by atoms with Crippen molar-refractivity contribution in [1.29, 1.82) is 0 Å². The fourth-order valence-electron chi connectivity index (χ4n) is 3.56. The second kappa shape index (κ2) is 16.1. The standard InChI is InChI=1S/C27H46NO9P/c1-9-11-15-34-38(32,35-16-12-10-2)37-23(18-28-26(31)36-27(5,6)7)22-17-19(3)25(30)21(20(22)4)13-14-24(29)33-8/h17,23,30H,9-16,18H2,1-8H3,(H,28,31). The Balaban J connectivity index is 3.44. The van der Waals surface area contributed by atoms with Crippen molar-refractivity contribution < 1.29 is 42.3 Å². The van der Waals surface area contributed by atoms with E-state index in [1.54, 1.807) is 40.7 Å². The van der Waals surface area contributed by atoms with Crippen LogP contribution in [0.3, 0.4) is 0 Å². The van der Waals surface area contributed by atoms with Crippen LogP contribution in [0.5, 0.6) is 5.75 Å². The van der Waals surface area contributed by atoms with E-state index < -0.39 is 31.6 Å². The van der Waals surface area contributed by atoms with Gasteiger partial charge in [-0.25, -0.2) is 9.36 Å². The lowest BCUT2D eigenvalue weighted by Gasteiger charge is -2.28. The molecule has 0 radical (unpaired) electrons. The number of amides is 1. The SMILES string of the molecule is CCCCOP(=O)(OCCCC)OC(CNC(=O)OC(C)(C)C)c1cc(C)c(O)c(CCC(=O)OC)c1C. The summed E-state index contributed by atoms with van der Waals surface area (Å²) in [7, 11) is -2.72. The van der Waals surface area contributed by atoms with E-state index in [2.05, 4.69) is 5.32 Å². The smallest absolute Gasteiger partial charge is 0.475 e. The first-order chi connectivity index (χ1) is 17.8. The summed E-state index contributed by atoms with van der Waals surface area (Å²) in [6.07, 6.45) is 1.65. The summed E-state index contributed by atoms with van der Waals surface area (Å²) in [5.41, 5.74) is 1.54. The number of hydrogen-bond acceptors (Lipinski definition) is 9. The number of phenols is 1. The van der Waals surface area contributed by atoms with Crippen molar-refractivity contribution in [2.45, 2.75) is 98.7 Å². The third-order valence-corrected chi connectivity index (χ3v) is 7.16. The number of phosphoric acid groups is 1. The van der Waals surface area contributed by atoms with Crippen LogP contribution in [0.2, 0.25) is 0 Å². The first kappa shape index (κ1) is 33.9. The molecule has 11 heteroatoms. The van der Waals surface area contributed by atoms with E-state index >= 15 is 0 Å². The molecule has 1 amide bonds. The highest BCUT2D eigenvalue weighted by Gasteiger charge is 2.34. The first-order valence-electron chi connectivity index (χ1n) is 13.2. The predicted octanol–water partition coefficient (Wildman–Crippen LogP) is 6.44. The number of phosphoric ester groups is 1. The molecule has 0 fully saturated rings. The summed E-state index contributed by atoms with van der Waals surface area (Å²) in [6, 6.07) is 1.70. The van der Waals surface area contributed by atoms with Gasteiger partial charge < -0.3 is 19.9 Å². The van der Waals surface area contributed by atoms with E-state index in [1.807, 2.05) is 13.8 Å². The molecule has 0 aliphatic heterocycles. The highest BCUT2D eigenvalue weighted by Crippen LogP contribution is 2.54. The molecule has 218 valence electrons. The van der Waals surface area contributed by atoms with E-state index in [1.165, 1.54) is 7.11 Å². The van der Waals surface area contributed by atoms with Gasteiger partial charge in [0, 0.05) is 6.42 Å². The number of benzene rings is 1. The Bertz CT molecular complexity index is 945. The van der Waals surface area contributed by atoms with Gasteiger partial charge in [-0.05, 0) is 82.2 Å². The molecule has 0 aromatic heterocycles. The molecule has 10 nitrogen and oxygen atoms in total. The molecule has 0 bridgehead atoms. The maximum absolute atomic E-state index is 13.7. The van der Waals surface area contributed by atoms with Gasteiger partial charge in [-0.2, -0.15) is 0 Å². The maximum Gasteiger partial charge on any atom is 0.475 e. The highest BCUT2D eigenvalue weighted by atomic mass is 31.2. The average molecular weight is 560 g/mol. The predicted molar refractivity (Wildman–Crippen MR) is 145 cm³/mol. The van der Waals surface area contributed by atoms with Crippen molar-refractivity contribution in [3.05, 3.63) is 28.3 Å². The number of unbranched alkanes of at least 4 members (excludes halogenated alkanes) is 2. The quantitative estimate of drug-likeness (QED) is 0.133. The maximum atomic E-state index is 13.7. The van der Waals surface area contributed by atoms with Gasteiger partial charge in [0.15, 0.2) is 0 Å². The Morgan fingerprint density at radius 3 is 2.16 bits per heavy atom. The number of ether oxygens (including phenoxy) is 2. The van der Waals surface area contributed by atoms with Crippen LogP contribution in [0.4, 0.5) is 4.79 Å². The molecule has 1 rings (SSSR count).